The van der Waals surface area contributed by atoms with E-state index >= 15 is 0 Å². The molecule has 15 heavy (non-hydrogen) atoms. The van der Waals surface area contributed by atoms with E-state index in [1.54, 1.807) is 0 Å². The topological polar surface area (TPSA) is 15.3 Å². The highest BCUT2D eigenvalue weighted by Crippen LogP contribution is 2.31. The molecule has 0 saturated carbocycles. The van der Waals surface area contributed by atoms with Crippen molar-refractivity contribution in [3.63, 3.8) is 0 Å². The molecule has 1 fully saturated rings. The molecule has 0 bridgehead atoms. The van der Waals surface area contributed by atoms with E-state index in [0.717, 1.165) is 5.70 Å². The fourth-order valence-electron chi connectivity index (χ4n) is 2.85. The van der Waals surface area contributed by atoms with Crippen molar-refractivity contribution < 1.29 is 0 Å². The van der Waals surface area contributed by atoms with Crippen molar-refractivity contribution in [3.8, 4) is 0 Å². The molecule has 0 unspecified atom stereocenters. The second-order valence-electron chi connectivity index (χ2n) is 6.30. The number of nitrogens with zero attached hydrogens (tertiary/aromatic N) is 1. The lowest BCUT2D eigenvalue weighted by atomic mass is 9.79. The Labute approximate surface area is 94.7 Å². The lowest BCUT2D eigenvalue weighted by Gasteiger charge is -2.49. The fraction of sp³-hybridized carbons (Fsp3) is 0.846. The van der Waals surface area contributed by atoms with Crippen LogP contribution >= 0.6 is 0 Å². The van der Waals surface area contributed by atoms with Crippen LogP contribution in [0.4, 0.5) is 0 Å². The Balaban J connectivity index is 2.79. The van der Waals surface area contributed by atoms with Crippen LogP contribution in [0.5, 0.6) is 0 Å². The Morgan fingerprint density at radius 1 is 1.20 bits per heavy atom. The Kier molecular flexibility index (Phi) is 3.20. The molecule has 0 spiro atoms. The fourth-order valence-corrected chi connectivity index (χ4v) is 2.85. The lowest BCUT2D eigenvalue weighted by molar-refractivity contribution is 0.0991. The van der Waals surface area contributed by atoms with Gasteiger partial charge in [0.05, 0.1) is 0 Å². The van der Waals surface area contributed by atoms with Gasteiger partial charge in [0, 0.05) is 29.9 Å². The largest absolute Gasteiger partial charge is 0.375 e. The summed E-state index contributed by atoms with van der Waals surface area (Å²) >= 11 is 0. The van der Waals surface area contributed by atoms with Crippen molar-refractivity contribution >= 4 is 0 Å². The van der Waals surface area contributed by atoms with Crippen LogP contribution in [0.3, 0.4) is 0 Å². The van der Waals surface area contributed by atoms with Crippen molar-refractivity contribution in [2.45, 2.75) is 64.6 Å². The maximum absolute atomic E-state index is 4.03. The summed E-state index contributed by atoms with van der Waals surface area (Å²) in [6.07, 6.45) is 2.36. The molecule has 0 aromatic rings. The van der Waals surface area contributed by atoms with E-state index in [9.17, 15) is 0 Å². The maximum Gasteiger partial charge on any atom is 0.0318 e. The first-order chi connectivity index (χ1) is 6.63. The third kappa shape index (κ3) is 3.23. The maximum atomic E-state index is 4.03. The molecule has 0 radical (unpaired) electrons. The van der Waals surface area contributed by atoms with Gasteiger partial charge in [-0.1, -0.05) is 6.58 Å². The lowest BCUT2D eigenvalue weighted by Crippen LogP contribution is -2.61. The molecule has 0 aliphatic carbocycles. The molecule has 1 rings (SSSR count). The summed E-state index contributed by atoms with van der Waals surface area (Å²) in [4.78, 5) is 2.32. The number of rotatable bonds is 2. The smallest absolute Gasteiger partial charge is 0.0318 e. The van der Waals surface area contributed by atoms with E-state index in [1.165, 1.54) is 12.8 Å². The van der Waals surface area contributed by atoms with Crippen LogP contribution < -0.4 is 5.32 Å². The molecule has 0 aromatic carbocycles. The van der Waals surface area contributed by atoms with Gasteiger partial charge in [-0.3, -0.25) is 0 Å². The van der Waals surface area contributed by atoms with Gasteiger partial charge in [-0.2, -0.15) is 0 Å². The van der Waals surface area contributed by atoms with Crippen molar-refractivity contribution in [1.29, 1.82) is 0 Å². The second-order valence-corrected chi connectivity index (χ2v) is 6.30. The Hall–Kier alpha value is -0.500. The van der Waals surface area contributed by atoms with Crippen molar-refractivity contribution in [1.82, 2.24) is 10.2 Å². The van der Waals surface area contributed by atoms with Gasteiger partial charge < -0.3 is 10.2 Å². The molecular formula is C13H26N2. The first kappa shape index (κ1) is 12.6. The molecule has 0 atom stereocenters. The van der Waals surface area contributed by atoms with E-state index < -0.39 is 0 Å². The quantitative estimate of drug-likeness (QED) is 0.754. The highest BCUT2D eigenvalue weighted by Gasteiger charge is 2.38. The average molecular weight is 210 g/mol. The van der Waals surface area contributed by atoms with Gasteiger partial charge in [-0.15, -0.1) is 0 Å². The highest BCUT2D eigenvalue weighted by atomic mass is 15.2. The molecule has 2 nitrogen and oxygen atoms in total. The summed E-state index contributed by atoms with van der Waals surface area (Å²) in [5, 5.41) is 3.70. The molecule has 1 saturated heterocycles. The second kappa shape index (κ2) is 3.82. The van der Waals surface area contributed by atoms with Crippen LogP contribution in [0.15, 0.2) is 12.3 Å². The van der Waals surface area contributed by atoms with Crippen LogP contribution in [0.25, 0.3) is 0 Å². The summed E-state index contributed by atoms with van der Waals surface area (Å²) in [6, 6.07) is 0.605. The third-order valence-electron chi connectivity index (χ3n) is 3.32. The van der Waals surface area contributed by atoms with Crippen LogP contribution in [0.2, 0.25) is 0 Å². The molecule has 1 aliphatic rings. The van der Waals surface area contributed by atoms with Gasteiger partial charge in [0.2, 0.25) is 0 Å². The molecule has 2 heteroatoms. The van der Waals surface area contributed by atoms with Gasteiger partial charge in [0.1, 0.15) is 0 Å². The predicted octanol–water partition coefficient (Wildman–Crippen LogP) is 2.76. The summed E-state index contributed by atoms with van der Waals surface area (Å²) in [6.45, 7) is 15.3. The molecule has 1 N–H and O–H groups in total. The van der Waals surface area contributed by atoms with Gasteiger partial charge in [0.15, 0.2) is 0 Å². The predicted molar refractivity (Wildman–Crippen MR) is 66.9 cm³/mol. The number of hydrogen-bond donors (Lipinski definition) is 1. The van der Waals surface area contributed by atoms with Gasteiger partial charge >= 0.3 is 0 Å². The van der Waals surface area contributed by atoms with E-state index in [0.29, 0.717) is 6.04 Å². The Morgan fingerprint density at radius 2 is 1.60 bits per heavy atom. The van der Waals surface area contributed by atoms with Crippen LogP contribution in [-0.4, -0.2) is 29.1 Å². The minimum Gasteiger partial charge on any atom is -0.375 e. The zero-order valence-electron chi connectivity index (χ0n) is 11.1. The number of hydrogen-bond acceptors (Lipinski definition) is 2. The van der Waals surface area contributed by atoms with Crippen molar-refractivity contribution in [2.24, 2.45) is 0 Å². The summed E-state index contributed by atoms with van der Waals surface area (Å²) < 4.78 is 0. The summed E-state index contributed by atoms with van der Waals surface area (Å²) in [7, 11) is 2.16. The summed E-state index contributed by atoms with van der Waals surface area (Å²) in [5.74, 6) is 0. The van der Waals surface area contributed by atoms with Crippen LogP contribution in [-0.2, 0) is 0 Å². The molecule has 88 valence electrons. The SMILES string of the molecule is C=C(C)N(C)C1CC(C)(C)NC(C)(C)C1. The van der Waals surface area contributed by atoms with E-state index in [1.807, 2.05) is 0 Å². The average Bonchev–Trinajstić information content (AvgIpc) is 1.96. The highest BCUT2D eigenvalue weighted by molar-refractivity contribution is 5.03. The number of allylic oxidation sites excluding steroid dienone is 1. The van der Waals surface area contributed by atoms with Crippen molar-refractivity contribution in [3.05, 3.63) is 12.3 Å². The van der Waals surface area contributed by atoms with Gasteiger partial charge in [-0.25, -0.2) is 0 Å². The molecule has 1 aliphatic heterocycles. The summed E-state index contributed by atoms with van der Waals surface area (Å²) in [5.41, 5.74) is 1.60. The molecule has 0 aromatic heterocycles. The zero-order chi connectivity index (χ0) is 11.9. The molecule has 1 heterocycles. The first-order valence-corrected chi connectivity index (χ1v) is 5.81. The van der Waals surface area contributed by atoms with E-state index in [-0.39, 0.29) is 11.1 Å². The minimum atomic E-state index is 0.218. The first-order valence-electron chi connectivity index (χ1n) is 5.81. The van der Waals surface area contributed by atoms with Crippen LogP contribution in [0, 0.1) is 0 Å². The molecule has 0 amide bonds. The van der Waals surface area contributed by atoms with Gasteiger partial charge in [-0.05, 0) is 47.5 Å². The number of piperidine rings is 1. The van der Waals surface area contributed by atoms with E-state index in [2.05, 4.69) is 58.5 Å². The Bertz CT molecular complexity index is 237. The van der Waals surface area contributed by atoms with Crippen LogP contribution in [0.1, 0.15) is 47.5 Å². The minimum absolute atomic E-state index is 0.218. The Morgan fingerprint density at radius 3 is 1.93 bits per heavy atom. The van der Waals surface area contributed by atoms with Crippen molar-refractivity contribution in [2.75, 3.05) is 7.05 Å². The van der Waals surface area contributed by atoms with E-state index in [4.69, 9.17) is 0 Å². The monoisotopic (exact) mass is 210 g/mol. The van der Waals surface area contributed by atoms with Gasteiger partial charge in [0.25, 0.3) is 0 Å². The normalized spacial score (nSPS) is 24.9. The third-order valence-corrected chi connectivity index (χ3v) is 3.32. The molecular weight excluding hydrogens is 184 g/mol. The zero-order valence-corrected chi connectivity index (χ0v) is 11.1. The standard InChI is InChI=1S/C13H26N2/c1-10(2)15(7)11-8-12(3,4)14-13(5,6)9-11/h11,14H,1,8-9H2,2-7H3. The number of nitrogens with one attached hydrogen (secondary N) is 1.